The van der Waals surface area contributed by atoms with Crippen molar-refractivity contribution in [2.45, 2.75) is 26.6 Å². The van der Waals surface area contributed by atoms with Gasteiger partial charge in [0.15, 0.2) is 0 Å². The Balaban J connectivity index is 2.04. The van der Waals surface area contributed by atoms with Crippen molar-refractivity contribution in [3.05, 3.63) is 35.7 Å². The van der Waals surface area contributed by atoms with Crippen LogP contribution in [0.15, 0.2) is 28.8 Å². The number of amides is 1. The highest BCUT2D eigenvalue weighted by atomic mass is 19.4. The Kier molecular flexibility index (Phi) is 6.19. The number of halogens is 3. The first-order valence-corrected chi connectivity index (χ1v) is 7.69. The number of nitrogens with zero attached hydrogens (tertiary/aromatic N) is 3. The van der Waals surface area contributed by atoms with Crippen LogP contribution in [-0.2, 0) is 22.3 Å². The summed E-state index contributed by atoms with van der Waals surface area (Å²) in [4.78, 5) is 20.2. The van der Waals surface area contributed by atoms with Crippen molar-refractivity contribution in [3.8, 4) is 11.4 Å². The number of carbonyl (C=O) groups excluding carboxylic acids is 1. The number of hydrogen-bond donors (Lipinski definition) is 0. The summed E-state index contributed by atoms with van der Waals surface area (Å²) in [5.41, 5.74) is 1.02. The second-order valence-corrected chi connectivity index (χ2v) is 5.81. The lowest BCUT2D eigenvalue weighted by Gasteiger charge is -2.20. The molecule has 0 saturated carbocycles. The van der Waals surface area contributed by atoms with Crippen LogP contribution < -0.4 is 0 Å². The predicted molar refractivity (Wildman–Crippen MR) is 83.5 cm³/mol. The van der Waals surface area contributed by atoms with Gasteiger partial charge in [0, 0.05) is 5.56 Å². The van der Waals surface area contributed by atoms with Crippen LogP contribution in [0.4, 0.5) is 18.0 Å². The molecule has 0 unspecified atom stereocenters. The molecule has 2 aromatic rings. The Morgan fingerprint density at radius 1 is 1.27 bits per heavy atom. The Labute approximate surface area is 147 Å². The highest BCUT2D eigenvalue weighted by Crippen LogP contribution is 2.29. The van der Waals surface area contributed by atoms with Gasteiger partial charge in [-0.1, -0.05) is 43.3 Å². The van der Waals surface area contributed by atoms with Crippen LogP contribution in [0.5, 0.6) is 0 Å². The summed E-state index contributed by atoms with van der Waals surface area (Å²) in [6, 6.07) is 6.27. The average Bonchev–Trinajstić information content (AvgIpc) is 3.08. The first-order chi connectivity index (χ1) is 12.2. The Hall–Kier alpha value is -2.62. The van der Waals surface area contributed by atoms with Gasteiger partial charge in [0.1, 0.15) is 0 Å². The molecule has 1 heterocycles. The number of hydroxylamine groups is 2. The number of rotatable bonds is 6. The van der Waals surface area contributed by atoms with Gasteiger partial charge < -0.3 is 9.26 Å². The number of alkyl halides is 3. The van der Waals surface area contributed by atoms with Gasteiger partial charge in [0.05, 0.1) is 20.3 Å². The highest BCUT2D eigenvalue weighted by Gasteiger charge is 2.38. The fourth-order valence-corrected chi connectivity index (χ4v) is 1.89. The molecule has 0 saturated heterocycles. The summed E-state index contributed by atoms with van der Waals surface area (Å²) >= 11 is 0. The SMILES string of the molecule is CON(Cc1ccc(-c2noc(C(F)(F)F)n2)cc1)C(=O)OCC(C)C. The second kappa shape index (κ2) is 8.17. The third-order valence-electron chi connectivity index (χ3n) is 3.17. The van der Waals surface area contributed by atoms with Crippen molar-refractivity contribution in [1.82, 2.24) is 15.2 Å². The molecule has 0 aliphatic heterocycles. The quantitative estimate of drug-likeness (QED) is 0.715. The van der Waals surface area contributed by atoms with E-state index in [1.807, 2.05) is 13.8 Å². The summed E-state index contributed by atoms with van der Waals surface area (Å²) < 4.78 is 46.8. The minimum atomic E-state index is -4.69. The molecule has 26 heavy (non-hydrogen) atoms. The van der Waals surface area contributed by atoms with Crippen molar-refractivity contribution < 1.29 is 32.1 Å². The predicted octanol–water partition coefficient (Wildman–Crippen LogP) is 3.91. The third-order valence-corrected chi connectivity index (χ3v) is 3.17. The standard InChI is InChI=1S/C16H18F3N3O4/c1-10(2)9-25-15(23)22(24-3)8-11-4-6-12(7-5-11)13-20-14(26-21-13)16(17,18)19/h4-7,10H,8-9H2,1-3H3. The van der Waals surface area contributed by atoms with Gasteiger partial charge in [-0.2, -0.15) is 23.2 Å². The van der Waals surface area contributed by atoms with E-state index in [9.17, 15) is 18.0 Å². The third kappa shape index (κ3) is 5.19. The van der Waals surface area contributed by atoms with Crippen LogP contribution in [0.25, 0.3) is 11.4 Å². The molecule has 0 aliphatic rings. The first-order valence-electron chi connectivity index (χ1n) is 7.69. The Morgan fingerprint density at radius 3 is 2.42 bits per heavy atom. The maximum absolute atomic E-state index is 12.5. The highest BCUT2D eigenvalue weighted by molar-refractivity contribution is 5.66. The molecule has 7 nitrogen and oxygen atoms in total. The van der Waals surface area contributed by atoms with Gasteiger partial charge in [-0.05, 0) is 11.5 Å². The van der Waals surface area contributed by atoms with E-state index in [2.05, 4.69) is 14.7 Å². The van der Waals surface area contributed by atoms with Crippen molar-refractivity contribution in [3.63, 3.8) is 0 Å². The van der Waals surface area contributed by atoms with E-state index >= 15 is 0 Å². The van der Waals surface area contributed by atoms with Crippen molar-refractivity contribution in [1.29, 1.82) is 0 Å². The Morgan fingerprint density at radius 2 is 1.92 bits per heavy atom. The second-order valence-electron chi connectivity index (χ2n) is 5.81. The first kappa shape index (κ1) is 19.7. The minimum absolute atomic E-state index is 0.105. The van der Waals surface area contributed by atoms with E-state index in [4.69, 9.17) is 9.57 Å². The topological polar surface area (TPSA) is 77.7 Å². The Bertz CT molecular complexity index is 729. The van der Waals surface area contributed by atoms with Gasteiger partial charge in [-0.3, -0.25) is 4.84 Å². The summed E-state index contributed by atoms with van der Waals surface area (Å²) in [6.45, 7) is 4.18. The van der Waals surface area contributed by atoms with Crippen molar-refractivity contribution in [2.75, 3.05) is 13.7 Å². The summed E-state index contributed by atoms with van der Waals surface area (Å²) in [6.07, 6.45) is -5.32. The average molecular weight is 373 g/mol. The molecule has 0 radical (unpaired) electrons. The van der Waals surface area contributed by atoms with Crippen LogP contribution in [0, 0.1) is 5.92 Å². The number of benzene rings is 1. The van der Waals surface area contributed by atoms with Gasteiger partial charge in [0.25, 0.3) is 0 Å². The van der Waals surface area contributed by atoms with Crippen LogP contribution in [0.3, 0.4) is 0 Å². The van der Waals surface area contributed by atoms with E-state index in [1.165, 1.54) is 19.2 Å². The maximum atomic E-state index is 12.5. The number of carbonyl (C=O) groups is 1. The number of aromatic nitrogens is 2. The zero-order chi connectivity index (χ0) is 19.3. The van der Waals surface area contributed by atoms with E-state index in [0.717, 1.165) is 5.06 Å². The molecule has 0 bridgehead atoms. The molecule has 2 rings (SSSR count). The minimum Gasteiger partial charge on any atom is -0.448 e. The summed E-state index contributed by atoms with van der Waals surface area (Å²) in [5.74, 6) is -1.40. The largest absolute Gasteiger partial charge is 0.471 e. The van der Waals surface area contributed by atoms with E-state index < -0.39 is 18.2 Å². The van der Waals surface area contributed by atoms with E-state index in [-0.39, 0.29) is 24.9 Å². The smallest absolute Gasteiger partial charge is 0.448 e. The molecule has 10 heteroatoms. The molecule has 1 amide bonds. The molecule has 0 atom stereocenters. The lowest BCUT2D eigenvalue weighted by molar-refractivity contribution is -0.159. The van der Waals surface area contributed by atoms with Crippen LogP contribution in [0.1, 0.15) is 25.3 Å². The molecule has 0 spiro atoms. The van der Waals surface area contributed by atoms with Gasteiger partial charge in [0.2, 0.25) is 5.82 Å². The zero-order valence-electron chi connectivity index (χ0n) is 14.4. The lowest BCUT2D eigenvalue weighted by Crippen LogP contribution is -2.31. The molecule has 1 aromatic carbocycles. The summed E-state index contributed by atoms with van der Waals surface area (Å²) in [5, 5.41) is 4.35. The zero-order valence-corrected chi connectivity index (χ0v) is 14.4. The van der Waals surface area contributed by atoms with Crippen molar-refractivity contribution in [2.24, 2.45) is 5.92 Å². The molecule has 1 aromatic heterocycles. The van der Waals surface area contributed by atoms with Gasteiger partial charge >= 0.3 is 18.2 Å². The van der Waals surface area contributed by atoms with E-state index in [1.54, 1.807) is 12.1 Å². The van der Waals surface area contributed by atoms with Crippen molar-refractivity contribution >= 4 is 6.09 Å². The lowest BCUT2D eigenvalue weighted by atomic mass is 10.1. The maximum Gasteiger partial charge on any atom is 0.471 e. The van der Waals surface area contributed by atoms with Gasteiger partial charge in [-0.25, -0.2) is 4.79 Å². The van der Waals surface area contributed by atoms with Crippen LogP contribution >= 0.6 is 0 Å². The molecule has 0 fully saturated rings. The number of hydrogen-bond acceptors (Lipinski definition) is 6. The molecular weight excluding hydrogens is 355 g/mol. The molecule has 142 valence electrons. The van der Waals surface area contributed by atoms with Gasteiger partial charge in [-0.15, -0.1) is 0 Å². The monoisotopic (exact) mass is 373 g/mol. The summed E-state index contributed by atoms with van der Waals surface area (Å²) in [7, 11) is 1.34. The normalized spacial score (nSPS) is 11.7. The van der Waals surface area contributed by atoms with Crippen LogP contribution in [0.2, 0.25) is 0 Å². The fourth-order valence-electron chi connectivity index (χ4n) is 1.89. The fraction of sp³-hybridized carbons (Fsp3) is 0.438. The van der Waals surface area contributed by atoms with E-state index in [0.29, 0.717) is 11.1 Å². The number of ether oxygens (including phenoxy) is 1. The van der Waals surface area contributed by atoms with Crippen LogP contribution in [-0.4, -0.2) is 35.0 Å². The molecule has 0 aliphatic carbocycles. The molecular formula is C16H18F3N3O4. The molecule has 0 N–H and O–H groups in total.